The van der Waals surface area contributed by atoms with Gasteiger partial charge in [0.05, 0.1) is 6.10 Å². The van der Waals surface area contributed by atoms with Crippen molar-refractivity contribution in [3.8, 4) is 0 Å². The van der Waals surface area contributed by atoms with E-state index in [2.05, 4.69) is 25.9 Å². The van der Waals surface area contributed by atoms with Gasteiger partial charge in [-0.25, -0.2) is 0 Å². The van der Waals surface area contributed by atoms with Crippen LogP contribution in [-0.4, -0.2) is 18.2 Å². The summed E-state index contributed by atoms with van der Waals surface area (Å²) in [5, 5.41) is 0. The van der Waals surface area contributed by atoms with E-state index in [0.717, 1.165) is 19.3 Å². The largest absolute Gasteiger partial charge is 0.328 e. The second kappa shape index (κ2) is 4.91. The first-order chi connectivity index (χ1) is 6.62. The summed E-state index contributed by atoms with van der Waals surface area (Å²) in [7, 11) is 0. The van der Waals surface area contributed by atoms with E-state index >= 15 is 0 Å². The zero-order chi connectivity index (χ0) is 10.6. The molecule has 0 saturated carbocycles. The highest BCUT2D eigenvalue weighted by Gasteiger charge is 2.38. The molecule has 0 aromatic heterocycles. The Morgan fingerprint density at radius 2 is 2.43 bits per heavy atom. The second-order valence-electron chi connectivity index (χ2n) is 4.65. The lowest BCUT2D eigenvalue weighted by Crippen LogP contribution is -2.39. The fraction of sp³-hybridized carbons (Fsp3) is 0.818. The highest BCUT2D eigenvalue weighted by atomic mass is 16.7. The van der Waals surface area contributed by atoms with Gasteiger partial charge >= 0.3 is 0 Å². The normalized spacial score (nSPS) is 32.4. The molecule has 3 nitrogen and oxygen atoms in total. The first-order valence-corrected chi connectivity index (χ1v) is 5.35. The molecule has 2 atom stereocenters. The van der Waals surface area contributed by atoms with E-state index in [-0.39, 0.29) is 11.6 Å². The third-order valence-electron chi connectivity index (χ3n) is 2.66. The van der Waals surface area contributed by atoms with Crippen molar-refractivity contribution < 1.29 is 4.84 Å². The van der Waals surface area contributed by atoms with E-state index in [0.29, 0.717) is 12.5 Å². The number of nitrogens with two attached hydrogens (primary N) is 1. The molecular formula is C11H22N2O. The summed E-state index contributed by atoms with van der Waals surface area (Å²) in [6, 6.07) is 0. The van der Waals surface area contributed by atoms with Gasteiger partial charge in [-0.1, -0.05) is 19.9 Å². The molecule has 82 valence electrons. The number of hydroxylamine groups is 1. The summed E-state index contributed by atoms with van der Waals surface area (Å²) in [6.45, 7) is 8.84. The molecule has 0 bridgehead atoms. The van der Waals surface area contributed by atoms with Gasteiger partial charge in [-0.3, -0.25) is 4.84 Å². The highest BCUT2D eigenvalue weighted by molar-refractivity contribution is 4.97. The fourth-order valence-electron chi connectivity index (χ4n) is 2.25. The number of rotatable bonds is 5. The van der Waals surface area contributed by atoms with Gasteiger partial charge in [-0.2, -0.15) is 5.48 Å². The summed E-state index contributed by atoms with van der Waals surface area (Å²) in [5.41, 5.74) is 8.81. The van der Waals surface area contributed by atoms with Crippen molar-refractivity contribution in [3.05, 3.63) is 12.7 Å². The Bertz CT molecular complexity index is 194. The molecule has 1 unspecified atom stereocenters. The Hall–Kier alpha value is -0.380. The van der Waals surface area contributed by atoms with Crippen LogP contribution in [0.2, 0.25) is 0 Å². The minimum Gasteiger partial charge on any atom is -0.328 e. The van der Waals surface area contributed by atoms with Crippen molar-refractivity contribution in [2.24, 2.45) is 11.7 Å². The van der Waals surface area contributed by atoms with Crippen molar-refractivity contribution in [1.82, 2.24) is 5.48 Å². The van der Waals surface area contributed by atoms with Crippen LogP contribution in [0.3, 0.4) is 0 Å². The zero-order valence-electron chi connectivity index (χ0n) is 9.25. The van der Waals surface area contributed by atoms with Gasteiger partial charge in [0.1, 0.15) is 0 Å². The van der Waals surface area contributed by atoms with Gasteiger partial charge in [0, 0.05) is 12.1 Å². The Morgan fingerprint density at radius 1 is 1.71 bits per heavy atom. The van der Waals surface area contributed by atoms with Crippen LogP contribution < -0.4 is 11.2 Å². The van der Waals surface area contributed by atoms with Crippen LogP contribution in [0.15, 0.2) is 12.7 Å². The predicted octanol–water partition coefficient (Wildman–Crippen LogP) is 1.60. The average molecular weight is 198 g/mol. The Labute approximate surface area is 86.7 Å². The third kappa shape index (κ3) is 2.80. The maximum Gasteiger partial charge on any atom is 0.0930 e. The maximum atomic E-state index is 5.59. The Kier molecular flexibility index (Phi) is 4.11. The first kappa shape index (κ1) is 11.7. The maximum absolute atomic E-state index is 5.59. The van der Waals surface area contributed by atoms with Crippen LogP contribution in [-0.2, 0) is 4.84 Å². The molecule has 1 fully saturated rings. The minimum atomic E-state index is 0.0694. The smallest absolute Gasteiger partial charge is 0.0930 e. The van der Waals surface area contributed by atoms with Gasteiger partial charge in [0.15, 0.2) is 0 Å². The topological polar surface area (TPSA) is 47.3 Å². The van der Waals surface area contributed by atoms with Crippen molar-refractivity contribution in [3.63, 3.8) is 0 Å². The van der Waals surface area contributed by atoms with E-state index in [1.54, 1.807) is 0 Å². The quantitative estimate of drug-likeness (QED) is 0.660. The summed E-state index contributed by atoms with van der Waals surface area (Å²) in [5.74, 6) is 0.655. The predicted molar refractivity (Wildman–Crippen MR) is 58.7 cm³/mol. The van der Waals surface area contributed by atoms with E-state index in [1.165, 1.54) is 0 Å². The minimum absolute atomic E-state index is 0.0694. The molecule has 0 aliphatic carbocycles. The molecule has 1 heterocycles. The molecule has 1 rings (SSSR count). The van der Waals surface area contributed by atoms with E-state index in [9.17, 15) is 0 Å². The van der Waals surface area contributed by atoms with E-state index in [4.69, 9.17) is 10.6 Å². The third-order valence-corrected chi connectivity index (χ3v) is 2.66. The Balaban J connectivity index is 2.59. The summed E-state index contributed by atoms with van der Waals surface area (Å²) >= 11 is 0. The van der Waals surface area contributed by atoms with Crippen molar-refractivity contribution in [1.29, 1.82) is 0 Å². The molecule has 14 heavy (non-hydrogen) atoms. The highest BCUT2D eigenvalue weighted by Crippen LogP contribution is 2.31. The molecule has 0 spiro atoms. The average Bonchev–Trinajstić information content (AvgIpc) is 2.48. The van der Waals surface area contributed by atoms with Crippen LogP contribution in [0, 0.1) is 5.92 Å². The molecule has 0 amide bonds. The van der Waals surface area contributed by atoms with Crippen molar-refractivity contribution in [2.75, 3.05) is 6.54 Å². The molecule has 1 saturated heterocycles. The molecule has 0 aromatic rings. The lowest BCUT2D eigenvalue weighted by Gasteiger charge is -2.28. The van der Waals surface area contributed by atoms with Crippen LogP contribution in [0.4, 0.5) is 0 Å². The molecule has 3 heteroatoms. The van der Waals surface area contributed by atoms with Crippen LogP contribution in [0.5, 0.6) is 0 Å². The summed E-state index contributed by atoms with van der Waals surface area (Å²) in [6.07, 6.45) is 5.16. The lowest BCUT2D eigenvalue weighted by atomic mass is 9.83. The second-order valence-corrected chi connectivity index (χ2v) is 4.65. The SMILES string of the molecule is C=CC[C@@]1(CC(C)C)CC(CN)ON1. The van der Waals surface area contributed by atoms with Gasteiger partial charge < -0.3 is 5.73 Å². The number of hydrogen-bond donors (Lipinski definition) is 2. The van der Waals surface area contributed by atoms with E-state index in [1.807, 2.05) is 6.08 Å². The number of hydrogen-bond acceptors (Lipinski definition) is 3. The van der Waals surface area contributed by atoms with Crippen molar-refractivity contribution in [2.45, 2.75) is 44.8 Å². The van der Waals surface area contributed by atoms with Gasteiger partial charge in [-0.05, 0) is 25.2 Å². The fourth-order valence-corrected chi connectivity index (χ4v) is 2.25. The van der Waals surface area contributed by atoms with Gasteiger partial charge in [0.2, 0.25) is 0 Å². The van der Waals surface area contributed by atoms with Crippen LogP contribution >= 0.6 is 0 Å². The standard InChI is InChI=1S/C11H22N2O/c1-4-5-11(6-9(2)3)7-10(8-12)14-13-11/h4,9-10,13H,1,5-8,12H2,2-3H3/t10?,11-/m1/s1. The first-order valence-electron chi connectivity index (χ1n) is 5.35. The molecule has 0 aromatic carbocycles. The zero-order valence-corrected chi connectivity index (χ0v) is 9.25. The van der Waals surface area contributed by atoms with Crippen molar-refractivity contribution >= 4 is 0 Å². The number of nitrogens with one attached hydrogen (secondary N) is 1. The monoisotopic (exact) mass is 198 g/mol. The summed E-state index contributed by atoms with van der Waals surface area (Å²) in [4.78, 5) is 5.45. The van der Waals surface area contributed by atoms with Gasteiger partial charge in [-0.15, -0.1) is 6.58 Å². The Morgan fingerprint density at radius 3 is 2.86 bits per heavy atom. The molecular weight excluding hydrogens is 176 g/mol. The lowest BCUT2D eigenvalue weighted by molar-refractivity contribution is 0.0122. The van der Waals surface area contributed by atoms with Crippen LogP contribution in [0.1, 0.15) is 33.1 Å². The van der Waals surface area contributed by atoms with Gasteiger partial charge in [0.25, 0.3) is 0 Å². The molecule has 0 radical (unpaired) electrons. The molecule has 1 aliphatic rings. The molecule has 1 aliphatic heterocycles. The summed E-state index contributed by atoms with van der Waals surface area (Å²) < 4.78 is 0. The van der Waals surface area contributed by atoms with E-state index < -0.39 is 0 Å². The van der Waals surface area contributed by atoms with Crippen LogP contribution in [0.25, 0.3) is 0 Å². The molecule has 3 N–H and O–H groups in total.